The molecule has 2 aromatic heterocycles. The van der Waals surface area contributed by atoms with Crippen LogP contribution in [0.1, 0.15) is 32.7 Å². The van der Waals surface area contributed by atoms with Crippen LogP contribution < -0.4 is 5.32 Å². The van der Waals surface area contributed by atoms with Gasteiger partial charge >= 0.3 is 6.03 Å². The summed E-state index contributed by atoms with van der Waals surface area (Å²) in [7, 11) is 0. The smallest absolute Gasteiger partial charge is 0.322 e. The summed E-state index contributed by atoms with van der Waals surface area (Å²) in [4.78, 5) is 33.0. The predicted octanol–water partition coefficient (Wildman–Crippen LogP) is 1.87. The number of hydrogen-bond donors (Lipinski definition) is 1. The summed E-state index contributed by atoms with van der Waals surface area (Å²) in [5.74, 6) is 0.0503. The quantitative estimate of drug-likeness (QED) is 0.869. The molecular formula is C19H26N6O3. The first kappa shape index (κ1) is 18.7. The number of ether oxygens (including phenoxy) is 1. The summed E-state index contributed by atoms with van der Waals surface area (Å²) >= 11 is 0. The zero-order valence-electron chi connectivity index (χ0n) is 16.3. The zero-order valence-corrected chi connectivity index (χ0v) is 16.3. The monoisotopic (exact) mass is 386 g/mol. The molecule has 0 saturated carbocycles. The number of carbonyl (C=O) groups excluding carboxylic acids is 2. The molecule has 9 nitrogen and oxygen atoms in total. The van der Waals surface area contributed by atoms with Gasteiger partial charge in [0, 0.05) is 44.2 Å². The molecule has 0 unspecified atom stereocenters. The van der Waals surface area contributed by atoms with Gasteiger partial charge in [0.25, 0.3) is 5.91 Å². The van der Waals surface area contributed by atoms with Crippen molar-refractivity contribution in [3.8, 4) is 0 Å². The van der Waals surface area contributed by atoms with E-state index in [9.17, 15) is 9.59 Å². The molecule has 0 radical (unpaired) electrons. The van der Waals surface area contributed by atoms with E-state index in [1.54, 1.807) is 22.2 Å². The highest BCUT2D eigenvalue weighted by atomic mass is 16.5. The van der Waals surface area contributed by atoms with E-state index < -0.39 is 0 Å². The molecule has 2 aliphatic rings. The van der Waals surface area contributed by atoms with Crippen molar-refractivity contribution >= 4 is 28.7 Å². The van der Waals surface area contributed by atoms with E-state index in [0.29, 0.717) is 38.5 Å². The summed E-state index contributed by atoms with van der Waals surface area (Å²) in [6.45, 7) is 6.83. The number of aromatic nitrogens is 3. The van der Waals surface area contributed by atoms with Crippen LogP contribution in [0.4, 0.5) is 10.5 Å². The van der Waals surface area contributed by atoms with Gasteiger partial charge in [0.1, 0.15) is 6.10 Å². The van der Waals surface area contributed by atoms with Crippen molar-refractivity contribution in [3.63, 3.8) is 0 Å². The van der Waals surface area contributed by atoms with Crippen LogP contribution in [0.25, 0.3) is 11.0 Å². The number of carbonyl (C=O) groups is 2. The number of nitrogens with one attached hydrogen (secondary N) is 1. The Morgan fingerprint density at radius 2 is 1.93 bits per heavy atom. The number of hydrogen-bond acceptors (Lipinski definition) is 5. The third kappa shape index (κ3) is 3.66. The molecule has 4 heterocycles. The molecule has 4 rings (SSSR count). The van der Waals surface area contributed by atoms with Gasteiger partial charge < -0.3 is 19.9 Å². The highest BCUT2D eigenvalue weighted by molar-refractivity contribution is 5.91. The largest absolute Gasteiger partial charge is 0.368 e. The average Bonchev–Trinajstić information content (AvgIpc) is 3.37. The van der Waals surface area contributed by atoms with E-state index in [0.717, 1.165) is 23.9 Å². The van der Waals surface area contributed by atoms with Gasteiger partial charge in [0.2, 0.25) is 0 Å². The molecule has 0 spiro atoms. The first-order valence-electron chi connectivity index (χ1n) is 9.82. The molecule has 1 N–H and O–H groups in total. The van der Waals surface area contributed by atoms with Crippen LogP contribution in [0.3, 0.4) is 0 Å². The van der Waals surface area contributed by atoms with Crippen molar-refractivity contribution < 1.29 is 14.3 Å². The van der Waals surface area contributed by atoms with Gasteiger partial charge in [0.15, 0.2) is 5.65 Å². The molecule has 150 valence electrons. The van der Waals surface area contributed by atoms with Crippen LogP contribution in [0.2, 0.25) is 0 Å². The minimum Gasteiger partial charge on any atom is -0.368 e. The second-order valence-electron chi connectivity index (χ2n) is 7.56. The Labute approximate surface area is 163 Å². The Balaban J connectivity index is 1.34. The van der Waals surface area contributed by atoms with Gasteiger partial charge in [-0.25, -0.2) is 14.5 Å². The fraction of sp³-hybridized carbons (Fsp3) is 0.579. The maximum absolute atomic E-state index is 12.6. The van der Waals surface area contributed by atoms with Crippen LogP contribution in [0, 0.1) is 0 Å². The molecule has 0 bridgehead atoms. The summed E-state index contributed by atoms with van der Waals surface area (Å²) in [6, 6.07) is 1.92. The van der Waals surface area contributed by atoms with Gasteiger partial charge in [-0.1, -0.05) is 0 Å². The Kier molecular flexibility index (Phi) is 5.17. The fourth-order valence-corrected chi connectivity index (χ4v) is 3.69. The lowest BCUT2D eigenvalue weighted by atomic mass is 10.2. The van der Waals surface area contributed by atoms with Gasteiger partial charge in [0.05, 0.1) is 18.1 Å². The highest BCUT2D eigenvalue weighted by Crippen LogP contribution is 2.20. The molecule has 1 atom stereocenters. The molecule has 2 aromatic rings. The maximum atomic E-state index is 12.6. The van der Waals surface area contributed by atoms with Crippen LogP contribution in [0.15, 0.2) is 18.5 Å². The van der Waals surface area contributed by atoms with Gasteiger partial charge in [-0.2, -0.15) is 5.10 Å². The van der Waals surface area contributed by atoms with Gasteiger partial charge in [-0.3, -0.25) is 4.79 Å². The molecule has 0 aliphatic carbocycles. The third-order valence-electron chi connectivity index (χ3n) is 5.26. The lowest BCUT2D eigenvalue weighted by Crippen LogP contribution is -2.53. The number of urea groups is 1. The number of amides is 3. The standard InChI is InChI=1S/C19H26N6O3/c1-13(2)25-17-14(11-21-25)10-15(12-20-17)22-19(27)24-7-5-23(6-8-24)18(26)16-4-3-9-28-16/h10-13,16H,3-9H2,1-2H3,(H,22,27)/t16-/m1/s1. The van der Waals surface area contributed by atoms with Crippen molar-refractivity contribution in [2.45, 2.75) is 38.8 Å². The van der Waals surface area contributed by atoms with Crippen LogP contribution >= 0.6 is 0 Å². The molecule has 9 heteroatoms. The molecule has 2 saturated heterocycles. The van der Waals surface area contributed by atoms with Gasteiger partial charge in [-0.05, 0) is 32.8 Å². The molecule has 2 fully saturated rings. The third-order valence-corrected chi connectivity index (χ3v) is 5.26. The Bertz CT molecular complexity index is 866. The van der Waals surface area contributed by atoms with Crippen molar-refractivity contribution in [1.29, 1.82) is 0 Å². The highest BCUT2D eigenvalue weighted by Gasteiger charge is 2.31. The first-order chi connectivity index (χ1) is 13.5. The lowest BCUT2D eigenvalue weighted by Gasteiger charge is -2.35. The molecule has 28 heavy (non-hydrogen) atoms. The molecular weight excluding hydrogens is 360 g/mol. The SMILES string of the molecule is CC(C)n1ncc2cc(NC(=O)N3CCN(C(=O)[C@H]4CCCO4)CC3)cnc21. The van der Waals surface area contributed by atoms with E-state index in [4.69, 9.17) is 4.74 Å². The van der Waals surface area contributed by atoms with Crippen LogP contribution in [0.5, 0.6) is 0 Å². The van der Waals surface area contributed by atoms with Gasteiger partial charge in [-0.15, -0.1) is 0 Å². The maximum Gasteiger partial charge on any atom is 0.322 e. The Hall–Kier alpha value is -2.68. The van der Waals surface area contributed by atoms with Crippen LogP contribution in [-0.4, -0.2) is 75.4 Å². The Morgan fingerprint density at radius 3 is 2.61 bits per heavy atom. The normalized spacial score (nSPS) is 20.2. The topological polar surface area (TPSA) is 92.6 Å². The summed E-state index contributed by atoms with van der Waals surface area (Å²) in [5.41, 5.74) is 1.44. The number of anilines is 1. The fourth-order valence-electron chi connectivity index (χ4n) is 3.69. The van der Waals surface area contributed by atoms with E-state index in [2.05, 4.69) is 15.4 Å². The summed E-state index contributed by atoms with van der Waals surface area (Å²) in [5, 5.41) is 8.13. The first-order valence-corrected chi connectivity index (χ1v) is 9.82. The summed E-state index contributed by atoms with van der Waals surface area (Å²) < 4.78 is 7.33. The number of piperazine rings is 1. The van der Waals surface area contributed by atoms with Crippen LogP contribution in [-0.2, 0) is 9.53 Å². The number of fused-ring (bicyclic) bond motifs is 1. The van der Waals surface area contributed by atoms with Crippen molar-refractivity contribution in [3.05, 3.63) is 18.5 Å². The minimum absolute atomic E-state index is 0.0503. The minimum atomic E-state index is -0.301. The molecule has 3 amide bonds. The second-order valence-corrected chi connectivity index (χ2v) is 7.56. The predicted molar refractivity (Wildman–Crippen MR) is 104 cm³/mol. The number of nitrogens with zero attached hydrogens (tertiary/aromatic N) is 5. The zero-order chi connectivity index (χ0) is 19.7. The molecule has 0 aromatic carbocycles. The molecule has 2 aliphatic heterocycles. The number of rotatable bonds is 3. The van der Waals surface area contributed by atoms with Crippen molar-refractivity contribution in [1.82, 2.24) is 24.6 Å². The second kappa shape index (κ2) is 7.75. The van der Waals surface area contributed by atoms with Crippen molar-refractivity contribution in [2.75, 3.05) is 38.1 Å². The summed E-state index contributed by atoms with van der Waals surface area (Å²) in [6.07, 6.45) is 4.84. The van der Waals surface area contributed by atoms with E-state index >= 15 is 0 Å². The lowest BCUT2D eigenvalue weighted by molar-refractivity contribution is -0.142. The van der Waals surface area contributed by atoms with Crippen molar-refractivity contribution in [2.24, 2.45) is 0 Å². The Morgan fingerprint density at radius 1 is 1.18 bits per heavy atom. The van der Waals surface area contributed by atoms with E-state index in [1.165, 1.54) is 0 Å². The van der Waals surface area contributed by atoms with E-state index in [1.807, 2.05) is 24.6 Å². The van der Waals surface area contributed by atoms with E-state index in [-0.39, 0.29) is 24.1 Å². The number of pyridine rings is 1. The average molecular weight is 386 g/mol.